The summed E-state index contributed by atoms with van der Waals surface area (Å²) in [6.45, 7) is 0.819. The highest BCUT2D eigenvalue weighted by Gasteiger charge is 2.51. The Balaban J connectivity index is 1.47. The predicted octanol–water partition coefficient (Wildman–Crippen LogP) is 5.77. The van der Waals surface area contributed by atoms with Gasteiger partial charge in [-0.25, -0.2) is 0 Å². The number of piperidine rings is 1. The molecule has 3 atom stereocenters. The Morgan fingerprint density at radius 2 is 1.94 bits per heavy atom. The van der Waals surface area contributed by atoms with Gasteiger partial charge in [-0.2, -0.15) is 0 Å². The number of halogens is 1. The van der Waals surface area contributed by atoms with E-state index in [-0.39, 0.29) is 23.2 Å². The number of rotatable bonds is 5. The number of carbonyl (C=O) groups excluding carboxylic acids is 1. The summed E-state index contributed by atoms with van der Waals surface area (Å²) < 4.78 is 6.68. The van der Waals surface area contributed by atoms with Crippen LogP contribution >= 0.6 is 15.9 Å². The van der Waals surface area contributed by atoms with Gasteiger partial charge in [-0.05, 0) is 72.7 Å². The van der Waals surface area contributed by atoms with Crippen molar-refractivity contribution in [1.29, 1.82) is 0 Å². The van der Waals surface area contributed by atoms with Crippen LogP contribution in [0.4, 0.5) is 0 Å². The van der Waals surface area contributed by atoms with E-state index in [1.54, 1.807) is 7.11 Å². The average Bonchev–Trinajstić information content (AvgIpc) is 3.23. The van der Waals surface area contributed by atoms with Crippen LogP contribution in [0.25, 0.3) is 10.9 Å². The number of H-pyrrole nitrogens is 1. The van der Waals surface area contributed by atoms with E-state index in [4.69, 9.17) is 4.74 Å². The second-order valence-corrected chi connectivity index (χ2v) is 10.9. The van der Waals surface area contributed by atoms with Crippen molar-refractivity contribution in [2.75, 3.05) is 13.7 Å². The minimum absolute atomic E-state index is 0.137. The summed E-state index contributed by atoms with van der Waals surface area (Å²) in [4.78, 5) is 17.5. The third kappa shape index (κ3) is 3.91. The molecule has 0 saturated carbocycles. The average molecular weight is 529 g/mol. The van der Waals surface area contributed by atoms with Crippen molar-refractivity contribution < 1.29 is 9.53 Å². The molecule has 0 bridgehead atoms. The zero-order valence-electron chi connectivity index (χ0n) is 19.8. The highest BCUT2D eigenvalue weighted by atomic mass is 79.9. The number of aromatic nitrogens is 1. The smallest absolute Gasteiger partial charge is 0.154 e. The third-order valence-electron chi connectivity index (χ3n) is 8.13. The Morgan fingerprint density at radius 3 is 2.77 bits per heavy atom. The molecule has 1 aliphatic heterocycles. The summed E-state index contributed by atoms with van der Waals surface area (Å²) in [7, 11) is 1.72. The molecule has 4 nitrogen and oxygen atoms in total. The quantitative estimate of drug-likeness (QED) is 0.346. The lowest BCUT2D eigenvalue weighted by molar-refractivity contribution is -0.123. The first kappa shape index (κ1) is 22.6. The Morgan fingerprint density at radius 1 is 1.09 bits per heavy atom. The largest absolute Gasteiger partial charge is 0.497 e. The fourth-order valence-electron chi connectivity index (χ4n) is 6.47. The molecule has 2 heterocycles. The first-order valence-electron chi connectivity index (χ1n) is 12.3. The molecular weight excluding hydrogens is 500 g/mol. The first-order chi connectivity index (χ1) is 17.1. The summed E-state index contributed by atoms with van der Waals surface area (Å²) in [5.74, 6) is 1.31. The van der Waals surface area contributed by atoms with Gasteiger partial charge in [0.25, 0.3) is 0 Å². The molecule has 1 aliphatic carbocycles. The van der Waals surface area contributed by atoms with Crippen molar-refractivity contribution in [3.05, 3.63) is 99.7 Å². The van der Waals surface area contributed by atoms with Crippen LogP contribution in [0.3, 0.4) is 0 Å². The number of ketones is 1. The molecule has 2 N–H and O–H groups in total. The standard InChI is InChI=1S/C30H29BrN2O2/c1-35-22-9-5-8-20(15-22)30-12-13-32-29(28(34)14-19-6-3-2-4-7-19)25(30)17-24-23-11-10-21(31)16-26(23)33-27(24)18-30/h2-11,15-16,25,29,32-33H,12-14,17-18H2,1H3/t25?,29?,30-/m1/s1. The van der Waals surface area contributed by atoms with Crippen molar-refractivity contribution in [1.82, 2.24) is 10.3 Å². The second kappa shape index (κ2) is 8.96. The molecule has 3 aromatic carbocycles. The van der Waals surface area contributed by atoms with Gasteiger partial charge in [0, 0.05) is 32.9 Å². The van der Waals surface area contributed by atoms with Crippen LogP contribution in [-0.2, 0) is 29.5 Å². The van der Waals surface area contributed by atoms with Crippen LogP contribution in [-0.4, -0.2) is 30.5 Å². The summed E-state index contributed by atoms with van der Waals surface area (Å²) in [6.07, 6.45) is 3.20. The van der Waals surface area contributed by atoms with Gasteiger partial charge >= 0.3 is 0 Å². The maximum absolute atomic E-state index is 13.8. The number of hydrogen-bond acceptors (Lipinski definition) is 3. The molecule has 1 aromatic heterocycles. The van der Waals surface area contributed by atoms with E-state index in [0.717, 1.165) is 47.1 Å². The number of hydrogen-bond donors (Lipinski definition) is 2. The number of fused-ring (bicyclic) bond motifs is 4. The van der Waals surface area contributed by atoms with Crippen molar-refractivity contribution in [3.63, 3.8) is 0 Å². The van der Waals surface area contributed by atoms with Crippen LogP contribution in [0.1, 0.15) is 28.8 Å². The number of benzene rings is 3. The Kier molecular flexibility index (Phi) is 5.78. The molecule has 6 rings (SSSR count). The molecule has 4 aromatic rings. The monoisotopic (exact) mass is 528 g/mol. The maximum atomic E-state index is 13.8. The van der Waals surface area contributed by atoms with E-state index in [9.17, 15) is 4.79 Å². The highest BCUT2D eigenvalue weighted by molar-refractivity contribution is 9.10. The van der Waals surface area contributed by atoms with E-state index < -0.39 is 0 Å². The van der Waals surface area contributed by atoms with Gasteiger partial charge in [0.05, 0.1) is 13.2 Å². The van der Waals surface area contributed by atoms with Gasteiger partial charge in [0.1, 0.15) is 5.75 Å². The zero-order chi connectivity index (χ0) is 24.0. The first-order valence-corrected chi connectivity index (χ1v) is 13.1. The molecule has 0 radical (unpaired) electrons. The maximum Gasteiger partial charge on any atom is 0.154 e. The van der Waals surface area contributed by atoms with E-state index in [2.05, 4.69) is 62.6 Å². The summed E-state index contributed by atoms with van der Waals surface area (Å²) in [5.41, 5.74) is 6.02. The van der Waals surface area contributed by atoms with Gasteiger partial charge in [0.15, 0.2) is 5.78 Å². The van der Waals surface area contributed by atoms with Crippen molar-refractivity contribution in [2.24, 2.45) is 5.92 Å². The summed E-state index contributed by atoms with van der Waals surface area (Å²) >= 11 is 3.62. The van der Waals surface area contributed by atoms with Crippen LogP contribution in [0, 0.1) is 5.92 Å². The van der Waals surface area contributed by atoms with Crippen LogP contribution in [0.15, 0.2) is 77.3 Å². The third-order valence-corrected chi connectivity index (χ3v) is 8.63. The molecule has 5 heteroatoms. The number of carbonyl (C=O) groups is 1. The van der Waals surface area contributed by atoms with Crippen LogP contribution in [0.2, 0.25) is 0 Å². The Labute approximate surface area is 214 Å². The number of aromatic amines is 1. The number of Topliss-reactive ketones (excluding diaryl/α,β-unsaturated/α-hetero) is 1. The lowest BCUT2D eigenvalue weighted by Crippen LogP contribution is -2.60. The fraction of sp³-hybridized carbons (Fsp3) is 0.300. The fourth-order valence-corrected chi connectivity index (χ4v) is 6.83. The molecule has 2 unspecified atom stereocenters. The molecular formula is C30H29BrN2O2. The van der Waals surface area contributed by atoms with Crippen molar-refractivity contribution in [3.8, 4) is 5.75 Å². The van der Waals surface area contributed by atoms with E-state index >= 15 is 0 Å². The van der Waals surface area contributed by atoms with Gasteiger partial charge in [-0.1, -0.05) is 64.5 Å². The Hall–Kier alpha value is -2.89. The van der Waals surface area contributed by atoms with Gasteiger partial charge in [-0.15, -0.1) is 0 Å². The van der Waals surface area contributed by atoms with Crippen molar-refractivity contribution >= 4 is 32.6 Å². The highest BCUT2D eigenvalue weighted by Crippen LogP contribution is 2.50. The molecule has 1 saturated heterocycles. The van der Waals surface area contributed by atoms with Crippen LogP contribution in [0.5, 0.6) is 5.75 Å². The zero-order valence-corrected chi connectivity index (χ0v) is 21.4. The minimum atomic E-state index is -0.191. The molecule has 178 valence electrons. The molecule has 1 fully saturated rings. The minimum Gasteiger partial charge on any atom is -0.497 e. The van der Waals surface area contributed by atoms with E-state index in [1.165, 1.54) is 22.2 Å². The topological polar surface area (TPSA) is 54.1 Å². The van der Waals surface area contributed by atoms with Crippen molar-refractivity contribution in [2.45, 2.75) is 37.1 Å². The molecule has 0 spiro atoms. The number of nitrogens with one attached hydrogen (secondary N) is 2. The van der Waals surface area contributed by atoms with Gasteiger partial charge in [-0.3, -0.25) is 4.79 Å². The predicted molar refractivity (Wildman–Crippen MR) is 143 cm³/mol. The number of methoxy groups -OCH3 is 1. The lowest BCUT2D eigenvalue weighted by atomic mass is 9.56. The van der Waals surface area contributed by atoms with E-state index in [1.807, 2.05) is 36.4 Å². The molecule has 35 heavy (non-hydrogen) atoms. The Bertz CT molecular complexity index is 1400. The summed E-state index contributed by atoms with van der Waals surface area (Å²) in [5, 5.41) is 4.91. The van der Waals surface area contributed by atoms with E-state index in [0.29, 0.717) is 6.42 Å². The number of ether oxygens (including phenoxy) is 1. The molecule has 2 aliphatic rings. The van der Waals surface area contributed by atoms with Gasteiger partial charge in [0.2, 0.25) is 0 Å². The second-order valence-electron chi connectivity index (χ2n) is 9.96. The SMILES string of the molecule is COc1cccc([C@]23CCNC(C(=O)Cc4ccccc4)C2Cc2c([nH]c4cc(Br)ccc24)C3)c1. The van der Waals surface area contributed by atoms with Crippen LogP contribution < -0.4 is 10.1 Å². The summed E-state index contributed by atoms with van der Waals surface area (Å²) in [6, 6.07) is 24.9. The normalized spacial score (nSPS) is 23.5. The molecule has 0 amide bonds. The van der Waals surface area contributed by atoms with Gasteiger partial charge < -0.3 is 15.0 Å². The lowest BCUT2D eigenvalue weighted by Gasteiger charge is -2.51.